The molecule has 1 amide bonds. The molecule has 5 heteroatoms. The Labute approximate surface area is 111 Å². The van der Waals surface area contributed by atoms with Gasteiger partial charge in [-0.1, -0.05) is 6.92 Å². The predicted octanol–water partition coefficient (Wildman–Crippen LogP) is -0.134. The number of amides is 1. The van der Waals surface area contributed by atoms with Gasteiger partial charge < -0.3 is 16.0 Å². The van der Waals surface area contributed by atoms with Crippen molar-refractivity contribution in [1.82, 2.24) is 15.1 Å². The summed E-state index contributed by atoms with van der Waals surface area (Å²) >= 11 is 0. The quantitative estimate of drug-likeness (QED) is 0.695. The van der Waals surface area contributed by atoms with E-state index in [-0.39, 0.29) is 11.9 Å². The van der Waals surface area contributed by atoms with Gasteiger partial charge >= 0.3 is 0 Å². The number of piperazine rings is 1. The highest BCUT2D eigenvalue weighted by Crippen LogP contribution is 2.13. The van der Waals surface area contributed by atoms with E-state index in [1.54, 1.807) is 0 Å². The lowest BCUT2D eigenvalue weighted by atomic mass is 10.1. The molecule has 1 saturated heterocycles. The minimum absolute atomic E-state index is 0.124. The van der Waals surface area contributed by atoms with Gasteiger partial charge in [-0.2, -0.15) is 0 Å². The number of hydrogen-bond acceptors (Lipinski definition) is 4. The first kappa shape index (κ1) is 15.4. The third-order valence-electron chi connectivity index (χ3n) is 3.62. The largest absolute Gasteiger partial charge is 0.356 e. The van der Waals surface area contributed by atoms with Crippen LogP contribution in [0.2, 0.25) is 0 Å². The van der Waals surface area contributed by atoms with Crippen LogP contribution in [0, 0.1) is 0 Å². The van der Waals surface area contributed by atoms with Gasteiger partial charge in [-0.15, -0.1) is 0 Å². The van der Waals surface area contributed by atoms with Gasteiger partial charge in [-0.05, 0) is 20.4 Å². The summed E-state index contributed by atoms with van der Waals surface area (Å²) in [5.41, 5.74) is 5.84. The second kappa shape index (κ2) is 7.71. The van der Waals surface area contributed by atoms with Gasteiger partial charge in [0.2, 0.25) is 5.91 Å². The fourth-order valence-electron chi connectivity index (χ4n) is 2.58. The lowest BCUT2D eigenvalue weighted by molar-refractivity contribution is -0.122. The number of carbonyl (C=O) groups excluding carboxylic acids is 1. The maximum Gasteiger partial charge on any atom is 0.221 e. The number of likely N-dealkylation sites (N-methyl/N-ethyl adjacent to an activating group) is 1. The van der Waals surface area contributed by atoms with Crippen molar-refractivity contribution in [3.8, 4) is 0 Å². The molecule has 1 aliphatic heterocycles. The van der Waals surface area contributed by atoms with E-state index in [0.29, 0.717) is 19.0 Å². The average molecular weight is 256 g/mol. The van der Waals surface area contributed by atoms with E-state index in [1.165, 1.54) is 0 Å². The maximum absolute atomic E-state index is 11.8. The first-order valence-corrected chi connectivity index (χ1v) is 6.99. The van der Waals surface area contributed by atoms with Gasteiger partial charge in [-0.25, -0.2) is 0 Å². The number of hydrogen-bond donors (Lipinski definition) is 2. The Kier molecular flexibility index (Phi) is 6.60. The highest BCUT2D eigenvalue weighted by atomic mass is 16.1. The maximum atomic E-state index is 11.8. The molecule has 2 unspecified atom stereocenters. The molecule has 0 saturated carbocycles. The molecule has 1 aliphatic rings. The van der Waals surface area contributed by atoms with Crippen molar-refractivity contribution in [3.05, 3.63) is 0 Å². The van der Waals surface area contributed by atoms with Gasteiger partial charge in [-0.3, -0.25) is 9.69 Å². The molecule has 1 heterocycles. The first-order chi connectivity index (χ1) is 8.58. The predicted molar refractivity (Wildman–Crippen MR) is 74.4 cm³/mol. The Balaban J connectivity index is 2.47. The molecule has 0 radical (unpaired) electrons. The van der Waals surface area contributed by atoms with Gasteiger partial charge in [0, 0.05) is 51.2 Å². The molecular weight excluding hydrogens is 228 g/mol. The number of rotatable bonds is 6. The van der Waals surface area contributed by atoms with Crippen molar-refractivity contribution in [2.24, 2.45) is 5.73 Å². The number of nitrogens with two attached hydrogens (primary N) is 1. The summed E-state index contributed by atoms with van der Waals surface area (Å²) in [5.74, 6) is 0.124. The second-order valence-corrected chi connectivity index (χ2v) is 5.29. The number of nitrogens with one attached hydrogen (secondary N) is 1. The molecule has 18 heavy (non-hydrogen) atoms. The minimum Gasteiger partial charge on any atom is -0.356 e. The van der Waals surface area contributed by atoms with Crippen LogP contribution in [-0.2, 0) is 4.79 Å². The Morgan fingerprint density at radius 3 is 2.78 bits per heavy atom. The summed E-state index contributed by atoms with van der Waals surface area (Å²) in [5, 5.41) is 2.93. The Morgan fingerprint density at radius 1 is 1.50 bits per heavy atom. The molecule has 3 N–H and O–H groups in total. The SMILES string of the molecule is CCCNC(=O)CC(CN)N1CCN(C)CC1C. The molecule has 0 aromatic rings. The molecule has 1 rings (SSSR count). The lowest BCUT2D eigenvalue weighted by Crippen LogP contribution is -2.57. The summed E-state index contributed by atoms with van der Waals surface area (Å²) in [7, 11) is 2.14. The van der Waals surface area contributed by atoms with Crippen molar-refractivity contribution in [3.63, 3.8) is 0 Å². The van der Waals surface area contributed by atoms with Crippen LogP contribution >= 0.6 is 0 Å². The summed E-state index contributed by atoms with van der Waals surface area (Å²) < 4.78 is 0. The Morgan fingerprint density at radius 2 is 2.22 bits per heavy atom. The van der Waals surface area contributed by atoms with E-state index in [4.69, 9.17) is 5.73 Å². The van der Waals surface area contributed by atoms with Gasteiger partial charge in [0.15, 0.2) is 0 Å². The van der Waals surface area contributed by atoms with E-state index >= 15 is 0 Å². The van der Waals surface area contributed by atoms with Crippen molar-refractivity contribution < 1.29 is 4.79 Å². The molecule has 2 atom stereocenters. The Bertz CT molecular complexity index is 259. The zero-order chi connectivity index (χ0) is 13.5. The second-order valence-electron chi connectivity index (χ2n) is 5.29. The monoisotopic (exact) mass is 256 g/mol. The van der Waals surface area contributed by atoms with Gasteiger partial charge in [0.05, 0.1) is 0 Å². The standard InChI is InChI=1S/C13H28N4O/c1-4-5-15-13(18)8-12(9-14)17-7-6-16(3)10-11(17)2/h11-12H,4-10,14H2,1-3H3,(H,15,18). The fraction of sp³-hybridized carbons (Fsp3) is 0.923. The van der Waals surface area contributed by atoms with E-state index in [0.717, 1.165) is 32.6 Å². The molecule has 0 bridgehead atoms. The molecule has 0 aromatic carbocycles. The normalized spacial score (nSPS) is 23.9. The molecular formula is C13H28N4O. The summed E-state index contributed by atoms with van der Waals surface area (Å²) in [4.78, 5) is 16.5. The molecule has 5 nitrogen and oxygen atoms in total. The van der Waals surface area contributed by atoms with Crippen molar-refractivity contribution >= 4 is 5.91 Å². The van der Waals surface area contributed by atoms with Crippen molar-refractivity contribution in [2.75, 3.05) is 39.8 Å². The van der Waals surface area contributed by atoms with Crippen molar-refractivity contribution in [1.29, 1.82) is 0 Å². The van der Waals surface area contributed by atoms with Crippen LogP contribution in [0.5, 0.6) is 0 Å². The Hall–Kier alpha value is -0.650. The van der Waals surface area contributed by atoms with E-state index in [1.807, 2.05) is 0 Å². The van der Waals surface area contributed by atoms with E-state index in [2.05, 4.69) is 36.0 Å². The van der Waals surface area contributed by atoms with Crippen LogP contribution in [0.4, 0.5) is 0 Å². The smallest absolute Gasteiger partial charge is 0.221 e. The van der Waals surface area contributed by atoms with Crippen LogP contribution in [0.3, 0.4) is 0 Å². The van der Waals surface area contributed by atoms with Crippen LogP contribution in [0.25, 0.3) is 0 Å². The summed E-state index contributed by atoms with van der Waals surface area (Å²) in [6, 6.07) is 0.641. The zero-order valence-electron chi connectivity index (χ0n) is 12.0. The van der Waals surface area contributed by atoms with Crippen LogP contribution in [-0.4, -0.2) is 67.6 Å². The van der Waals surface area contributed by atoms with E-state index < -0.39 is 0 Å². The lowest BCUT2D eigenvalue weighted by Gasteiger charge is -2.42. The first-order valence-electron chi connectivity index (χ1n) is 6.99. The molecule has 0 aliphatic carbocycles. The van der Waals surface area contributed by atoms with Crippen molar-refractivity contribution in [2.45, 2.75) is 38.8 Å². The highest BCUT2D eigenvalue weighted by molar-refractivity contribution is 5.76. The third kappa shape index (κ3) is 4.55. The molecule has 0 aromatic heterocycles. The number of carbonyl (C=O) groups is 1. The van der Waals surface area contributed by atoms with Crippen LogP contribution in [0.1, 0.15) is 26.7 Å². The topological polar surface area (TPSA) is 61.6 Å². The third-order valence-corrected chi connectivity index (χ3v) is 3.62. The van der Waals surface area contributed by atoms with Gasteiger partial charge in [0.25, 0.3) is 0 Å². The highest BCUT2D eigenvalue weighted by Gasteiger charge is 2.28. The zero-order valence-corrected chi connectivity index (χ0v) is 12.0. The van der Waals surface area contributed by atoms with Crippen LogP contribution < -0.4 is 11.1 Å². The van der Waals surface area contributed by atoms with Gasteiger partial charge in [0.1, 0.15) is 0 Å². The molecule has 106 valence electrons. The van der Waals surface area contributed by atoms with E-state index in [9.17, 15) is 4.79 Å². The summed E-state index contributed by atoms with van der Waals surface area (Å²) in [6.07, 6.45) is 1.49. The molecule has 1 fully saturated rings. The molecule has 0 spiro atoms. The fourth-order valence-corrected chi connectivity index (χ4v) is 2.58. The average Bonchev–Trinajstić information content (AvgIpc) is 2.34. The number of nitrogens with zero attached hydrogens (tertiary/aromatic N) is 2. The van der Waals surface area contributed by atoms with Crippen LogP contribution in [0.15, 0.2) is 0 Å². The minimum atomic E-state index is 0.124. The summed E-state index contributed by atoms with van der Waals surface area (Å²) in [6.45, 7) is 8.68.